The minimum Gasteiger partial charge on any atom is -0.460 e. The van der Waals surface area contributed by atoms with E-state index < -0.39 is 35.3 Å². The monoisotopic (exact) mass is 410 g/mol. The summed E-state index contributed by atoms with van der Waals surface area (Å²) in [5.74, 6) is 3.03. The maximum Gasteiger partial charge on any atom is 0.307 e. The predicted molar refractivity (Wildman–Crippen MR) is 105 cm³/mol. The molecule has 0 bridgehead atoms. The average Bonchev–Trinajstić information content (AvgIpc) is 2.89. The van der Waals surface area contributed by atoms with Gasteiger partial charge in [0.2, 0.25) is 11.8 Å². The van der Waals surface area contributed by atoms with E-state index in [0.717, 1.165) is 4.90 Å². The largest absolute Gasteiger partial charge is 0.460 e. The standard InChI is InChI=1S/C22H22N2O6/c1-22(2,3)30-17(26)10-5-4-7-13-8-6-9-14-18(13)21(29)24(20(14)28)15-11-12-16(25)23-19(15)27/h6,8-9,15H,5,10-12H2,1-3H3,(H,23,25,27). The van der Waals surface area contributed by atoms with Crippen molar-refractivity contribution >= 4 is 29.6 Å². The van der Waals surface area contributed by atoms with E-state index in [-0.39, 0.29) is 42.8 Å². The van der Waals surface area contributed by atoms with Crippen LogP contribution in [0.2, 0.25) is 0 Å². The highest BCUT2D eigenvalue weighted by Gasteiger charge is 2.45. The zero-order chi connectivity index (χ0) is 22.1. The van der Waals surface area contributed by atoms with Gasteiger partial charge in [-0.15, -0.1) is 0 Å². The van der Waals surface area contributed by atoms with Gasteiger partial charge in [0.15, 0.2) is 0 Å². The van der Waals surface area contributed by atoms with E-state index in [9.17, 15) is 24.0 Å². The van der Waals surface area contributed by atoms with Gasteiger partial charge in [0.1, 0.15) is 11.6 Å². The fourth-order valence-electron chi connectivity index (χ4n) is 3.33. The van der Waals surface area contributed by atoms with Crippen LogP contribution in [0.1, 0.15) is 72.7 Å². The fraction of sp³-hybridized carbons (Fsp3) is 0.409. The zero-order valence-corrected chi connectivity index (χ0v) is 17.0. The first-order chi connectivity index (χ1) is 14.1. The minimum atomic E-state index is -1.02. The van der Waals surface area contributed by atoms with Crippen LogP contribution < -0.4 is 5.32 Å². The van der Waals surface area contributed by atoms with E-state index in [1.54, 1.807) is 32.9 Å². The van der Waals surface area contributed by atoms with Crippen LogP contribution in [0, 0.1) is 11.8 Å². The van der Waals surface area contributed by atoms with Crippen molar-refractivity contribution < 1.29 is 28.7 Å². The minimum absolute atomic E-state index is 0.0567. The van der Waals surface area contributed by atoms with Crippen LogP contribution in [-0.2, 0) is 19.1 Å². The van der Waals surface area contributed by atoms with Crippen molar-refractivity contribution in [3.8, 4) is 11.8 Å². The van der Waals surface area contributed by atoms with Crippen molar-refractivity contribution in [2.45, 2.75) is 58.1 Å². The topological polar surface area (TPSA) is 110 Å². The molecule has 0 saturated carbocycles. The Balaban J connectivity index is 1.77. The van der Waals surface area contributed by atoms with Crippen molar-refractivity contribution in [2.75, 3.05) is 0 Å². The second-order valence-corrected chi connectivity index (χ2v) is 8.06. The number of carbonyl (C=O) groups excluding carboxylic acids is 5. The molecule has 1 aromatic rings. The number of hydrogen-bond acceptors (Lipinski definition) is 6. The van der Waals surface area contributed by atoms with Crippen LogP contribution in [0.5, 0.6) is 0 Å². The van der Waals surface area contributed by atoms with E-state index in [1.165, 1.54) is 6.07 Å². The maximum atomic E-state index is 13.0. The number of amides is 4. The highest BCUT2D eigenvalue weighted by molar-refractivity contribution is 6.24. The Morgan fingerprint density at radius 1 is 1.20 bits per heavy atom. The molecule has 1 saturated heterocycles. The van der Waals surface area contributed by atoms with Crippen molar-refractivity contribution in [1.29, 1.82) is 0 Å². The van der Waals surface area contributed by atoms with Gasteiger partial charge in [0.05, 0.1) is 17.5 Å². The van der Waals surface area contributed by atoms with E-state index in [4.69, 9.17) is 4.74 Å². The average molecular weight is 410 g/mol. The summed E-state index contributed by atoms with van der Waals surface area (Å²) in [5, 5.41) is 2.16. The fourth-order valence-corrected chi connectivity index (χ4v) is 3.33. The third kappa shape index (κ3) is 4.40. The lowest BCUT2D eigenvalue weighted by Gasteiger charge is -2.27. The number of ether oxygens (including phenoxy) is 1. The van der Waals surface area contributed by atoms with E-state index in [2.05, 4.69) is 17.2 Å². The summed E-state index contributed by atoms with van der Waals surface area (Å²) in [6, 6.07) is 3.70. The lowest BCUT2D eigenvalue weighted by atomic mass is 10.0. The molecule has 1 N–H and O–H groups in total. The van der Waals surface area contributed by atoms with Crippen LogP contribution in [0.3, 0.4) is 0 Å². The molecule has 1 aromatic carbocycles. The number of nitrogens with one attached hydrogen (secondary N) is 1. The number of nitrogens with zero attached hydrogens (tertiary/aromatic N) is 1. The number of imide groups is 2. The molecule has 1 unspecified atom stereocenters. The molecule has 1 fully saturated rings. The molecule has 0 radical (unpaired) electrons. The lowest BCUT2D eigenvalue weighted by molar-refractivity contribution is -0.154. The first-order valence-electron chi connectivity index (χ1n) is 9.64. The molecule has 3 rings (SSSR count). The molecule has 1 atom stereocenters. The number of rotatable bonds is 3. The first-order valence-corrected chi connectivity index (χ1v) is 9.64. The quantitative estimate of drug-likeness (QED) is 0.460. The normalized spacial score (nSPS) is 18.5. The Morgan fingerprint density at radius 3 is 2.60 bits per heavy atom. The molecule has 0 spiro atoms. The van der Waals surface area contributed by atoms with Gasteiger partial charge >= 0.3 is 5.97 Å². The van der Waals surface area contributed by atoms with Crippen LogP contribution in [0.25, 0.3) is 0 Å². The van der Waals surface area contributed by atoms with Crippen LogP contribution in [0.4, 0.5) is 0 Å². The molecular weight excluding hydrogens is 388 g/mol. The molecule has 0 aromatic heterocycles. The Morgan fingerprint density at radius 2 is 1.93 bits per heavy atom. The van der Waals surface area contributed by atoms with E-state index >= 15 is 0 Å². The van der Waals surface area contributed by atoms with Gasteiger partial charge in [-0.3, -0.25) is 34.2 Å². The Bertz CT molecular complexity index is 1010. The Hall–Kier alpha value is -3.47. The second-order valence-electron chi connectivity index (χ2n) is 8.06. The Kier molecular flexibility index (Phi) is 5.74. The summed E-state index contributed by atoms with van der Waals surface area (Å²) in [6.07, 6.45) is 0.486. The number of fused-ring (bicyclic) bond motifs is 1. The van der Waals surface area contributed by atoms with Gasteiger partial charge in [-0.05, 0) is 39.3 Å². The highest BCUT2D eigenvalue weighted by Crippen LogP contribution is 2.29. The van der Waals surface area contributed by atoms with Crippen molar-refractivity contribution in [1.82, 2.24) is 10.2 Å². The highest BCUT2D eigenvalue weighted by atomic mass is 16.6. The third-order valence-electron chi connectivity index (χ3n) is 4.57. The summed E-state index contributed by atoms with van der Waals surface area (Å²) >= 11 is 0. The van der Waals surface area contributed by atoms with Crippen molar-refractivity contribution in [3.05, 3.63) is 34.9 Å². The number of piperidine rings is 1. The summed E-state index contributed by atoms with van der Waals surface area (Å²) in [5.41, 5.74) is 0.0854. The van der Waals surface area contributed by atoms with Gasteiger partial charge < -0.3 is 4.74 Å². The third-order valence-corrected chi connectivity index (χ3v) is 4.57. The van der Waals surface area contributed by atoms with Gasteiger partial charge in [-0.2, -0.15) is 0 Å². The van der Waals surface area contributed by atoms with Gasteiger partial charge in [-0.1, -0.05) is 17.9 Å². The molecule has 156 valence electrons. The first kappa shape index (κ1) is 21.2. The van der Waals surface area contributed by atoms with E-state index in [1.807, 2.05) is 0 Å². The molecule has 0 aliphatic carbocycles. The number of esters is 1. The number of carbonyl (C=O) groups is 5. The zero-order valence-electron chi connectivity index (χ0n) is 17.0. The summed E-state index contributed by atoms with van der Waals surface area (Å²) in [4.78, 5) is 61.9. The molecular formula is C22H22N2O6. The summed E-state index contributed by atoms with van der Waals surface area (Å²) in [6.45, 7) is 5.34. The van der Waals surface area contributed by atoms with Crippen LogP contribution in [0.15, 0.2) is 18.2 Å². The van der Waals surface area contributed by atoms with Crippen LogP contribution in [-0.4, -0.2) is 46.1 Å². The Labute approximate surface area is 173 Å². The molecule has 2 aliphatic heterocycles. The molecule has 2 heterocycles. The predicted octanol–water partition coefficient (Wildman–Crippen LogP) is 1.56. The van der Waals surface area contributed by atoms with Crippen molar-refractivity contribution in [2.24, 2.45) is 0 Å². The van der Waals surface area contributed by atoms with Gasteiger partial charge in [-0.25, -0.2) is 0 Å². The number of benzene rings is 1. The van der Waals surface area contributed by atoms with Gasteiger partial charge in [0, 0.05) is 18.4 Å². The molecule has 8 heteroatoms. The molecule has 8 nitrogen and oxygen atoms in total. The molecule has 4 amide bonds. The second kappa shape index (κ2) is 8.11. The number of hydrogen-bond donors (Lipinski definition) is 1. The molecule has 30 heavy (non-hydrogen) atoms. The smallest absolute Gasteiger partial charge is 0.307 e. The van der Waals surface area contributed by atoms with E-state index in [0.29, 0.717) is 5.56 Å². The summed E-state index contributed by atoms with van der Waals surface area (Å²) < 4.78 is 5.22. The molecule has 2 aliphatic rings. The van der Waals surface area contributed by atoms with Crippen LogP contribution >= 0.6 is 0 Å². The van der Waals surface area contributed by atoms with Crippen molar-refractivity contribution in [3.63, 3.8) is 0 Å². The lowest BCUT2D eigenvalue weighted by Crippen LogP contribution is -2.54. The summed E-state index contributed by atoms with van der Waals surface area (Å²) in [7, 11) is 0. The SMILES string of the molecule is CC(C)(C)OC(=O)CCC#Cc1cccc2c1C(=O)N(C1CCC(=O)NC1=O)C2=O. The van der Waals surface area contributed by atoms with Gasteiger partial charge in [0.25, 0.3) is 11.8 Å². The maximum absolute atomic E-state index is 13.0.